The maximum absolute atomic E-state index is 11.7. The number of unbranched alkanes of at least 4 members (excludes halogenated alkanes) is 8. The van der Waals surface area contributed by atoms with Gasteiger partial charge in [-0.1, -0.05) is 63.3 Å². The summed E-state index contributed by atoms with van der Waals surface area (Å²) in [7, 11) is 1.23. The molecule has 1 atom stereocenters. The van der Waals surface area contributed by atoms with E-state index in [0.717, 1.165) is 32.1 Å². The van der Waals surface area contributed by atoms with Gasteiger partial charge in [0.2, 0.25) is 5.91 Å². The lowest BCUT2D eigenvalue weighted by atomic mass is 10.1. The molecular weight excluding hydrogens is 342 g/mol. The third-order valence-corrected chi connectivity index (χ3v) is 4.36. The first kappa shape index (κ1) is 25.4. The van der Waals surface area contributed by atoms with E-state index < -0.39 is 18.6 Å². The predicted molar refractivity (Wildman–Crippen MR) is 110 cm³/mol. The molecule has 0 rings (SSSR count). The van der Waals surface area contributed by atoms with Crippen LogP contribution in [0.25, 0.3) is 0 Å². The normalized spacial score (nSPS) is 12.6. The summed E-state index contributed by atoms with van der Waals surface area (Å²) < 4.78 is 4.51. The first-order valence-corrected chi connectivity index (χ1v) is 10.4. The number of carbonyl (C=O) groups is 2. The van der Waals surface area contributed by atoms with E-state index >= 15 is 0 Å². The van der Waals surface area contributed by atoms with E-state index in [1.54, 1.807) is 0 Å². The molecule has 27 heavy (non-hydrogen) atoms. The van der Waals surface area contributed by atoms with E-state index in [4.69, 9.17) is 5.11 Å². The highest BCUT2D eigenvalue weighted by molar-refractivity contribution is 5.84. The molecule has 0 fully saturated rings. The minimum absolute atomic E-state index is 0.217. The van der Waals surface area contributed by atoms with Crippen molar-refractivity contribution in [2.75, 3.05) is 13.7 Å². The van der Waals surface area contributed by atoms with Gasteiger partial charge in [0.25, 0.3) is 0 Å². The van der Waals surface area contributed by atoms with Crippen LogP contribution in [-0.2, 0) is 14.3 Å². The molecule has 1 unspecified atom stereocenters. The molecule has 5 heteroatoms. The van der Waals surface area contributed by atoms with Crippen LogP contribution in [0.4, 0.5) is 0 Å². The van der Waals surface area contributed by atoms with Crippen molar-refractivity contribution in [2.45, 2.75) is 90.0 Å². The van der Waals surface area contributed by atoms with Gasteiger partial charge >= 0.3 is 5.97 Å². The first-order chi connectivity index (χ1) is 13.2. The molecule has 0 aliphatic rings. The van der Waals surface area contributed by atoms with Crippen molar-refractivity contribution >= 4 is 11.9 Å². The van der Waals surface area contributed by atoms with Gasteiger partial charge in [0.05, 0.1) is 13.7 Å². The molecule has 0 saturated carbocycles. The third kappa shape index (κ3) is 16.3. The lowest BCUT2D eigenvalue weighted by Crippen LogP contribution is -2.43. The number of esters is 1. The maximum Gasteiger partial charge on any atom is 0.330 e. The van der Waals surface area contributed by atoms with E-state index in [1.807, 2.05) is 0 Å². The van der Waals surface area contributed by atoms with E-state index in [2.05, 4.69) is 41.3 Å². The van der Waals surface area contributed by atoms with Crippen LogP contribution in [0.15, 0.2) is 24.3 Å². The summed E-state index contributed by atoms with van der Waals surface area (Å²) in [5.41, 5.74) is 0. The average molecular weight is 382 g/mol. The van der Waals surface area contributed by atoms with Crippen LogP contribution in [-0.4, -0.2) is 36.7 Å². The van der Waals surface area contributed by atoms with Gasteiger partial charge in [-0.2, -0.15) is 0 Å². The van der Waals surface area contributed by atoms with E-state index in [-0.39, 0.29) is 5.91 Å². The van der Waals surface area contributed by atoms with Crippen molar-refractivity contribution in [2.24, 2.45) is 0 Å². The molecule has 1 amide bonds. The molecule has 0 aromatic carbocycles. The summed E-state index contributed by atoms with van der Waals surface area (Å²) >= 11 is 0. The van der Waals surface area contributed by atoms with Gasteiger partial charge < -0.3 is 15.2 Å². The number of allylic oxidation sites excluding steroid dienone is 4. The Kier molecular flexibility index (Phi) is 18.0. The van der Waals surface area contributed by atoms with E-state index in [0.29, 0.717) is 6.42 Å². The number of aliphatic hydroxyl groups is 1. The minimum atomic E-state index is -0.958. The van der Waals surface area contributed by atoms with E-state index in [1.165, 1.54) is 45.6 Å². The monoisotopic (exact) mass is 381 g/mol. The minimum Gasteiger partial charge on any atom is -0.467 e. The van der Waals surface area contributed by atoms with E-state index in [9.17, 15) is 9.59 Å². The second-order valence-corrected chi connectivity index (χ2v) is 6.81. The van der Waals surface area contributed by atoms with Crippen LogP contribution in [0.5, 0.6) is 0 Å². The van der Waals surface area contributed by atoms with Crippen molar-refractivity contribution < 1.29 is 19.4 Å². The standard InChI is InChI=1S/C22H39NO4/c1-3-4-5-6-7-8-9-10-11-12-13-14-15-16-17-18-21(25)23-20(19-24)22(26)27-2/h7-8,10-11,20,24H,3-6,9,12-19H2,1-2H3,(H,23,25)/b8-7-,11-10-. The zero-order valence-electron chi connectivity index (χ0n) is 17.3. The zero-order chi connectivity index (χ0) is 20.2. The summed E-state index contributed by atoms with van der Waals surface area (Å²) in [6, 6.07) is -0.958. The largest absolute Gasteiger partial charge is 0.467 e. The number of rotatable bonds is 17. The Labute approximate surface area is 165 Å². The Hall–Kier alpha value is -1.62. The molecule has 0 aliphatic carbocycles. The van der Waals surface area contributed by atoms with Gasteiger partial charge in [0.15, 0.2) is 6.04 Å². The fourth-order valence-corrected chi connectivity index (χ4v) is 2.68. The van der Waals surface area contributed by atoms with Crippen LogP contribution in [0.1, 0.15) is 84.0 Å². The third-order valence-electron chi connectivity index (χ3n) is 4.36. The number of hydrogen-bond donors (Lipinski definition) is 2. The molecule has 0 aliphatic heterocycles. The smallest absolute Gasteiger partial charge is 0.330 e. The summed E-state index contributed by atoms with van der Waals surface area (Å²) in [5, 5.41) is 11.5. The molecule has 2 N–H and O–H groups in total. The Morgan fingerprint density at radius 3 is 2.11 bits per heavy atom. The maximum atomic E-state index is 11.7. The summed E-state index contributed by atoms with van der Waals surface area (Å²) in [6.07, 6.45) is 21.9. The lowest BCUT2D eigenvalue weighted by Gasteiger charge is -2.13. The van der Waals surface area contributed by atoms with Crippen molar-refractivity contribution in [3.05, 3.63) is 24.3 Å². The highest BCUT2D eigenvalue weighted by atomic mass is 16.5. The Morgan fingerprint density at radius 1 is 0.926 bits per heavy atom. The van der Waals surface area contributed by atoms with Crippen molar-refractivity contribution in [1.29, 1.82) is 0 Å². The highest BCUT2D eigenvalue weighted by Gasteiger charge is 2.19. The SMILES string of the molecule is CCCCC/C=C\C/C=C\CCCCCCCC(=O)NC(CO)C(=O)OC. The van der Waals surface area contributed by atoms with Gasteiger partial charge in [0, 0.05) is 6.42 Å². The molecule has 0 saturated heterocycles. The number of nitrogens with one attached hydrogen (secondary N) is 1. The van der Waals surface area contributed by atoms with Crippen LogP contribution >= 0.6 is 0 Å². The number of hydrogen-bond acceptors (Lipinski definition) is 4. The molecule has 156 valence electrons. The molecule has 0 radical (unpaired) electrons. The number of amides is 1. The Morgan fingerprint density at radius 2 is 1.52 bits per heavy atom. The summed E-state index contributed by atoms with van der Waals surface area (Å²) in [6.45, 7) is 1.78. The Bertz CT molecular complexity index is 432. The molecule has 0 heterocycles. The fraction of sp³-hybridized carbons (Fsp3) is 0.727. The lowest BCUT2D eigenvalue weighted by molar-refractivity contribution is -0.146. The van der Waals surface area contributed by atoms with Crippen molar-refractivity contribution in [3.8, 4) is 0 Å². The predicted octanol–water partition coefficient (Wildman–Crippen LogP) is 4.45. The molecule has 0 spiro atoms. The molecule has 0 bridgehead atoms. The fourth-order valence-electron chi connectivity index (χ4n) is 2.68. The van der Waals surface area contributed by atoms with Crippen LogP contribution in [0.2, 0.25) is 0 Å². The van der Waals surface area contributed by atoms with Gasteiger partial charge in [-0.25, -0.2) is 4.79 Å². The first-order valence-electron chi connectivity index (χ1n) is 10.4. The van der Waals surface area contributed by atoms with Crippen LogP contribution in [0, 0.1) is 0 Å². The summed E-state index contributed by atoms with van der Waals surface area (Å²) in [4.78, 5) is 23.0. The number of methoxy groups -OCH3 is 1. The van der Waals surface area contributed by atoms with Gasteiger partial charge in [-0.15, -0.1) is 0 Å². The molecule has 0 aromatic rings. The molecule has 0 aromatic heterocycles. The number of carbonyl (C=O) groups excluding carboxylic acids is 2. The number of aliphatic hydroxyl groups excluding tert-OH is 1. The quantitative estimate of drug-likeness (QED) is 0.222. The molecule has 5 nitrogen and oxygen atoms in total. The van der Waals surface area contributed by atoms with Crippen molar-refractivity contribution in [1.82, 2.24) is 5.32 Å². The highest BCUT2D eigenvalue weighted by Crippen LogP contribution is 2.08. The van der Waals surface area contributed by atoms with Gasteiger partial charge in [-0.3, -0.25) is 4.79 Å². The van der Waals surface area contributed by atoms with Crippen molar-refractivity contribution in [3.63, 3.8) is 0 Å². The zero-order valence-corrected chi connectivity index (χ0v) is 17.3. The topological polar surface area (TPSA) is 75.6 Å². The van der Waals surface area contributed by atoms with Gasteiger partial charge in [0.1, 0.15) is 0 Å². The summed E-state index contributed by atoms with van der Waals surface area (Å²) in [5.74, 6) is -0.837. The Balaban J connectivity index is 3.50. The average Bonchev–Trinajstić information content (AvgIpc) is 2.68. The second kappa shape index (κ2) is 19.2. The second-order valence-electron chi connectivity index (χ2n) is 6.81. The number of ether oxygens (including phenoxy) is 1. The van der Waals surface area contributed by atoms with Crippen LogP contribution < -0.4 is 5.32 Å². The van der Waals surface area contributed by atoms with Gasteiger partial charge in [-0.05, 0) is 38.5 Å². The molecular formula is C22H39NO4. The van der Waals surface area contributed by atoms with Crippen LogP contribution in [0.3, 0.4) is 0 Å².